The van der Waals surface area contributed by atoms with Crippen LogP contribution in [0.3, 0.4) is 0 Å². The molecule has 0 aliphatic carbocycles. The van der Waals surface area contributed by atoms with Crippen LogP contribution in [0.2, 0.25) is 0 Å². The average Bonchev–Trinajstić information content (AvgIpc) is 2.41. The molecule has 1 unspecified atom stereocenters. The van der Waals surface area contributed by atoms with Gasteiger partial charge in [0.05, 0.1) is 6.10 Å². The number of ether oxygens (including phenoxy) is 1. The third kappa shape index (κ3) is 6.90. The third-order valence-electron chi connectivity index (χ3n) is 3.68. The van der Waals surface area contributed by atoms with Gasteiger partial charge in [-0.15, -0.1) is 0 Å². The molecule has 1 atom stereocenters. The zero-order chi connectivity index (χ0) is 16.0. The molecule has 0 N–H and O–H groups in total. The Morgan fingerprint density at radius 2 is 1.67 bits per heavy atom. The van der Waals surface area contributed by atoms with Crippen molar-refractivity contribution in [2.75, 3.05) is 6.61 Å². The number of Topliss-reactive ketones (excluding diaryl/α,β-unsaturated/α-hetero) is 1. The predicted molar refractivity (Wildman–Crippen MR) is 89.0 cm³/mol. The van der Waals surface area contributed by atoms with Gasteiger partial charge in [-0.25, -0.2) is 0 Å². The average molecular weight is 290 g/mol. The van der Waals surface area contributed by atoms with Crippen molar-refractivity contribution in [1.82, 2.24) is 0 Å². The third-order valence-corrected chi connectivity index (χ3v) is 3.68. The summed E-state index contributed by atoms with van der Waals surface area (Å²) >= 11 is 0. The monoisotopic (exact) mass is 290 g/mol. The molecular formula is C19H30O2. The van der Waals surface area contributed by atoms with Gasteiger partial charge in [0, 0.05) is 5.56 Å². The van der Waals surface area contributed by atoms with E-state index in [-0.39, 0.29) is 18.5 Å². The number of benzene rings is 1. The van der Waals surface area contributed by atoms with Gasteiger partial charge in [0.2, 0.25) is 0 Å². The summed E-state index contributed by atoms with van der Waals surface area (Å²) in [7, 11) is 0. The quantitative estimate of drug-likeness (QED) is 0.643. The molecule has 1 rings (SSSR count). The van der Waals surface area contributed by atoms with Gasteiger partial charge in [0.25, 0.3) is 0 Å². The van der Waals surface area contributed by atoms with Crippen molar-refractivity contribution >= 4 is 5.78 Å². The van der Waals surface area contributed by atoms with E-state index in [1.54, 1.807) is 0 Å². The Bertz CT molecular complexity index is 438. The van der Waals surface area contributed by atoms with E-state index in [9.17, 15) is 4.79 Å². The van der Waals surface area contributed by atoms with E-state index in [1.807, 2.05) is 26.0 Å². The summed E-state index contributed by atoms with van der Waals surface area (Å²) in [6, 6.07) is 8.01. The molecule has 2 nitrogen and oxygen atoms in total. The Hall–Kier alpha value is -1.15. The normalized spacial score (nSPS) is 13.5. The first kappa shape index (κ1) is 17.9. The van der Waals surface area contributed by atoms with Crippen LogP contribution in [0, 0.1) is 5.41 Å². The first-order valence-corrected chi connectivity index (χ1v) is 7.94. The van der Waals surface area contributed by atoms with Crippen molar-refractivity contribution in [3.8, 4) is 0 Å². The number of hydrogen-bond donors (Lipinski definition) is 0. The van der Waals surface area contributed by atoms with Gasteiger partial charge in [0.15, 0.2) is 5.78 Å². The van der Waals surface area contributed by atoms with E-state index in [0.717, 1.165) is 5.56 Å². The topological polar surface area (TPSA) is 26.3 Å². The van der Waals surface area contributed by atoms with Crippen LogP contribution >= 0.6 is 0 Å². The van der Waals surface area contributed by atoms with Crippen molar-refractivity contribution < 1.29 is 9.53 Å². The molecule has 1 aromatic carbocycles. The standard InChI is InChI=1S/C19H30O2/c1-14(2)21-13-18(20)17-9-7-16(8-10-17)15(3)11-12-19(4,5)6/h7-10,14-15H,11-13H2,1-6H3. The second-order valence-electron chi connectivity index (χ2n) is 7.41. The highest BCUT2D eigenvalue weighted by atomic mass is 16.5. The van der Waals surface area contributed by atoms with E-state index in [4.69, 9.17) is 4.74 Å². The molecule has 0 spiro atoms. The van der Waals surface area contributed by atoms with Gasteiger partial charge in [-0.2, -0.15) is 0 Å². The van der Waals surface area contributed by atoms with Crippen LogP contribution in [0.5, 0.6) is 0 Å². The van der Waals surface area contributed by atoms with E-state index in [1.165, 1.54) is 18.4 Å². The molecule has 0 heterocycles. The van der Waals surface area contributed by atoms with Crippen LogP contribution in [0.15, 0.2) is 24.3 Å². The Labute approximate surface area is 129 Å². The van der Waals surface area contributed by atoms with Crippen LogP contribution in [-0.4, -0.2) is 18.5 Å². The lowest BCUT2D eigenvalue weighted by atomic mass is 9.85. The minimum Gasteiger partial charge on any atom is -0.371 e. The highest BCUT2D eigenvalue weighted by Gasteiger charge is 2.14. The fraction of sp³-hybridized carbons (Fsp3) is 0.632. The number of carbonyl (C=O) groups is 1. The van der Waals surface area contributed by atoms with E-state index in [0.29, 0.717) is 11.3 Å². The van der Waals surface area contributed by atoms with Crippen LogP contribution < -0.4 is 0 Å². The lowest BCUT2D eigenvalue weighted by Gasteiger charge is -2.21. The summed E-state index contributed by atoms with van der Waals surface area (Å²) < 4.78 is 5.36. The molecule has 0 saturated carbocycles. The Kier molecular flexibility index (Phi) is 6.60. The molecule has 0 aliphatic rings. The maximum absolute atomic E-state index is 12.0. The van der Waals surface area contributed by atoms with Crippen LogP contribution in [-0.2, 0) is 4.74 Å². The second kappa shape index (κ2) is 7.74. The van der Waals surface area contributed by atoms with Crippen molar-refractivity contribution in [1.29, 1.82) is 0 Å². The van der Waals surface area contributed by atoms with Gasteiger partial charge in [-0.1, -0.05) is 52.0 Å². The van der Waals surface area contributed by atoms with Crippen LogP contribution in [0.4, 0.5) is 0 Å². The fourth-order valence-corrected chi connectivity index (χ4v) is 2.14. The summed E-state index contributed by atoms with van der Waals surface area (Å²) in [5.74, 6) is 0.581. The molecule has 0 aromatic heterocycles. The fourth-order valence-electron chi connectivity index (χ4n) is 2.14. The maximum Gasteiger partial charge on any atom is 0.188 e. The molecule has 0 aliphatic heterocycles. The summed E-state index contributed by atoms with van der Waals surface area (Å²) in [6.07, 6.45) is 2.47. The first-order valence-electron chi connectivity index (χ1n) is 7.94. The van der Waals surface area contributed by atoms with E-state index in [2.05, 4.69) is 39.8 Å². The Morgan fingerprint density at radius 3 is 2.14 bits per heavy atom. The second-order valence-corrected chi connectivity index (χ2v) is 7.41. The molecule has 0 bridgehead atoms. The van der Waals surface area contributed by atoms with Crippen molar-refractivity contribution in [2.24, 2.45) is 5.41 Å². The molecule has 118 valence electrons. The highest BCUT2D eigenvalue weighted by molar-refractivity contribution is 5.97. The SMILES string of the molecule is CC(C)OCC(=O)c1ccc(C(C)CCC(C)(C)C)cc1. The van der Waals surface area contributed by atoms with Gasteiger partial charge in [-0.05, 0) is 43.6 Å². The summed E-state index contributed by atoms with van der Waals surface area (Å²) in [6.45, 7) is 13.1. The lowest BCUT2D eigenvalue weighted by Crippen LogP contribution is -2.13. The molecule has 1 aromatic rings. The molecule has 0 radical (unpaired) electrons. The molecule has 0 amide bonds. The predicted octanol–water partition coefficient (Wildman–Crippen LogP) is 5.22. The van der Waals surface area contributed by atoms with Crippen molar-refractivity contribution in [3.63, 3.8) is 0 Å². The van der Waals surface area contributed by atoms with Crippen molar-refractivity contribution in [3.05, 3.63) is 35.4 Å². The molecule has 0 saturated heterocycles. The maximum atomic E-state index is 12.0. The summed E-state index contributed by atoms with van der Waals surface area (Å²) in [4.78, 5) is 12.0. The van der Waals surface area contributed by atoms with E-state index < -0.39 is 0 Å². The highest BCUT2D eigenvalue weighted by Crippen LogP contribution is 2.28. The minimum absolute atomic E-state index is 0.0533. The molecule has 0 fully saturated rings. The number of hydrogen-bond acceptors (Lipinski definition) is 2. The number of carbonyl (C=O) groups excluding carboxylic acids is 1. The van der Waals surface area contributed by atoms with Gasteiger partial charge in [0.1, 0.15) is 6.61 Å². The largest absolute Gasteiger partial charge is 0.371 e. The Balaban J connectivity index is 2.59. The lowest BCUT2D eigenvalue weighted by molar-refractivity contribution is 0.0585. The van der Waals surface area contributed by atoms with Crippen LogP contribution in [0.25, 0.3) is 0 Å². The zero-order valence-corrected chi connectivity index (χ0v) is 14.4. The van der Waals surface area contributed by atoms with Gasteiger partial charge < -0.3 is 4.74 Å². The number of ketones is 1. The minimum atomic E-state index is 0.0533. The summed E-state index contributed by atoms with van der Waals surface area (Å²) in [5.41, 5.74) is 2.42. The molecular weight excluding hydrogens is 260 g/mol. The Morgan fingerprint density at radius 1 is 1.10 bits per heavy atom. The molecule has 21 heavy (non-hydrogen) atoms. The van der Waals surface area contributed by atoms with Crippen LogP contribution in [0.1, 0.15) is 76.2 Å². The number of rotatable bonds is 7. The molecule has 2 heteroatoms. The van der Waals surface area contributed by atoms with E-state index >= 15 is 0 Å². The smallest absolute Gasteiger partial charge is 0.188 e. The first-order chi connectivity index (χ1) is 9.69. The summed E-state index contributed by atoms with van der Waals surface area (Å²) in [5, 5.41) is 0. The van der Waals surface area contributed by atoms with Crippen molar-refractivity contribution in [2.45, 2.75) is 66.4 Å². The van der Waals surface area contributed by atoms with Gasteiger partial charge >= 0.3 is 0 Å². The van der Waals surface area contributed by atoms with Gasteiger partial charge in [-0.3, -0.25) is 4.79 Å². The zero-order valence-electron chi connectivity index (χ0n) is 14.4.